The molecule has 3 heteroatoms. The highest BCUT2D eigenvalue weighted by atomic mass is 79.9. The van der Waals surface area contributed by atoms with E-state index < -0.39 is 0 Å². The number of benzene rings is 2. The van der Waals surface area contributed by atoms with E-state index in [1.807, 2.05) is 11.8 Å². The predicted molar refractivity (Wildman–Crippen MR) is 80.9 cm³/mol. The summed E-state index contributed by atoms with van der Waals surface area (Å²) in [4.78, 5) is 1.28. The number of rotatable bonds is 2. The van der Waals surface area contributed by atoms with Crippen LogP contribution in [-0.4, -0.2) is 5.25 Å². The summed E-state index contributed by atoms with van der Waals surface area (Å²) in [5.74, 6) is 0. The number of hydrogen-bond donors (Lipinski definition) is 1. The number of halogens is 1. The average Bonchev–Trinajstić information content (AvgIpc) is 2.70. The second-order valence-corrected chi connectivity index (χ2v) is 6.77. The molecule has 1 aliphatic rings. The van der Waals surface area contributed by atoms with E-state index in [4.69, 9.17) is 5.73 Å². The fourth-order valence-electron chi connectivity index (χ4n) is 2.39. The van der Waals surface area contributed by atoms with Crippen LogP contribution in [-0.2, 0) is 6.42 Å². The Balaban J connectivity index is 1.78. The van der Waals surface area contributed by atoms with Crippen LogP contribution >= 0.6 is 27.7 Å². The summed E-state index contributed by atoms with van der Waals surface area (Å²) in [6.45, 7) is 0. The minimum Gasteiger partial charge on any atom is -0.323 e. The first-order chi connectivity index (χ1) is 8.74. The van der Waals surface area contributed by atoms with Gasteiger partial charge in [-0.2, -0.15) is 0 Å². The summed E-state index contributed by atoms with van der Waals surface area (Å²) in [5.41, 5.74) is 9.05. The van der Waals surface area contributed by atoms with E-state index in [0.29, 0.717) is 5.25 Å². The van der Waals surface area contributed by atoms with Crippen LogP contribution in [0.4, 0.5) is 0 Å². The Bertz CT molecular complexity index is 553. The van der Waals surface area contributed by atoms with Gasteiger partial charge in [0.2, 0.25) is 0 Å². The molecule has 3 rings (SSSR count). The molecule has 0 aromatic heterocycles. The lowest BCUT2D eigenvalue weighted by molar-refractivity contribution is 0.731. The summed E-state index contributed by atoms with van der Waals surface area (Å²) in [6, 6.07) is 17.1. The zero-order valence-corrected chi connectivity index (χ0v) is 12.2. The molecule has 2 atom stereocenters. The maximum atomic E-state index is 6.34. The van der Waals surface area contributed by atoms with E-state index in [1.165, 1.54) is 16.0 Å². The fraction of sp³-hybridized carbons (Fsp3) is 0.200. The highest BCUT2D eigenvalue weighted by molar-refractivity contribution is 9.10. The van der Waals surface area contributed by atoms with Crippen LogP contribution in [0, 0.1) is 0 Å². The van der Waals surface area contributed by atoms with Crippen LogP contribution < -0.4 is 5.73 Å². The van der Waals surface area contributed by atoms with Gasteiger partial charge in [-0.25, -0.2) is 0 Å². The van der Waals surface area contributed by atoms with Gasteiger partial charge in [-0.15, -0.1) is 11.8 Å². The van der Waals surface area contributed by atoms with Crippen LogP contribution in [0.2, 0.25) is 0 Å². The molecule has 2 unspecified atom stereocenters. The second-order valence-electron chi connectivity index (χ2n) is 4.54. The Morgan fingerprint density at radius 3 is 2.50 bits per heavy atom. The topological polar surface area (TPSA) is 26.0 Å². The van der Waals surface area contributed by atoms with E-state index in [-0.39, 0.29) is 6.04 Å². The molecule has 0 spiro atoms. The molecule has 0 bridgehead atoms. The maximum Gasteiger partial charge on any atom is 0.0425 e. The minimum atomic E-state index is 0.148. The molecule has 18 heavy (non-hydrogen) atoms. The zero-order valence-electron chi connectivity index (χ0n) is 9.84. The molecule has 0 saturated heterocycles. The van der Waals surface area contributed by atoms with Crippen molar-refractivity contribution in [3.8, 4) is 0 Å². The fourth-order valence-corrected chi connectivity index (χ4v) is 3.86. The van der Waals surface area contributed by atoms with Gasteiger partial charge in [-0.3, -0.25) is 0 Å². The Labute approximate surface area is 120 Å². The third-order valence-corrected chi connectivity index (χ3v) is 5.17. The van der Waals surface area contributed by atoms with Crippen molar-refractivity contribution in [1.82, 2.24) is 0 Å². The summed E-state index contributed by atoms with van der Waals surface area (Å²) in [5, 5.41) is 0.448. The summed E-state index contributed by atoms with van der Waals surface area (Å²) >= 11 is 5.34. The molecule has 2 aromatic rings. The van der Waals surface area contributed by atoms with Crippen LogP contribution in [0.25, 0.3) is 0 Å². The Hall–Kier alpha value is -0.770. The standard InChI is InChI=1S/C15H14BrNS/c16-11-5-7-12(8-6-11)18-14-9-10-3-1-2-4-13(10)15(14)17/h1-8,14-15H,9,17H2. The molecule has 0 aliphatic heterocycles. The van der Waals surface area contributed by atoms with Gasteiger partial charge in [0.15, 0.2) is 0 Å². The Morgan fingerprint density at radius 1 is 1.06 bits per heavy atom. The van der Waals surface area contributed by atoms with E-state index >= 15 is 0 Å². The number of thioether (sulfide) groups is 1. The van der Waals surface area contributed by atoms with Gasteiger partial charge in [0.1, 0.15) is 0 Å². The summed E-state index contributed by atoms with van der Waals surface area (Å²) in [7, 11) is 0. The molecule has 0 heterocycles. The normalized spacial score (nSPS) is 21.9. The maximum absolute atomic E-state index is 6.34. The highest BCUT2D eigenvalue weighted by Crippen LogP contribution is 2.40. The molecule has 1 aliphatic carbocycles. The average molecular weight is 320 g/mol. The molecule has 1 nitrogen and oxygen atoms in total. The van der Waals surface area contributed by atoms with Crippen molar-refractivity contribution in [2.75, 3.05) is 0 Å². The largest absolute Gasteiger partial charge is 0.323 e. The number of fused-ring (bicyclic) bond motifs is 1. The SMILES string of the molecule is NC1c2ccccc2CC1Sc1ccc(Br)cc1. The van der Waals surface area contributed by atoms with E-state index in [0.717, 1.165) is 10.9 Å². The molecule has 0 radical (unpaired) electrons. The molecular formula is C15H14BrNS. The van der Waals surface area contributed by atoms with Gasteiger partial charge in [0.05, 0.1) is 0 Å². The van der Waals surface area contributed by atoms with Crippen molar-refractivity contribution in [3.63, 3.8) is 0 Å². The lowest BCUT2D eigenvalue weighted by atomic mass is 10.1. The van der Waals surface area contributed by atoms with Gasteiger partial charge < -0.3 is 5.73 Å². The van der Waals surface area contributed by atoms with Gasteiger partial charge in [-0.1, -0.05) is 40.2 Å². The van der Waals surface area contributed by atoms with Crippen LogP contribution in [0.3, 0.4) is 0 Å². The molecule has 0 amide bonds. The lowest BCUT2D eigenvalue weighted by Crippen LogP contribution is -2.18. The number of hydrogen-bond acceptors (Lipinski definition) is 2. The number of nitrogens with two attached hydrogens (primary N) is 1. The monoisotopic (exact) mass is 319 g/mol. The van der Waals surface area contributed by atoms with Crippen LogP contribution in [0.5, 0.6) is 0 Å². The summed E-state index contributed by atoms with van der Waals surface area (Å²) < 4.78 is 1.12. The molecule has 0 saturated carbocycles. The van der Waals surface area contributed by atoms with Crippen molar-refractivity contribution in [1.29, 1.82) is 0 Å². The molecule has 2 aromatic carbocycles. The van der Waals surface area contributed by atoms with Crippen molar-refractivity contribution in [3.05, 3.63) is 64.1 Å². The molecule has 0 fully saturated rings. The Morgan fingerprint density at radius 2 is 1.78 bits per heavy atom. The minimum absolute atomic E-state index is 0.148. The first-order valence-electron chi connectivity index (χ1n) is 5.99. The second kappa shape index (κ2) is 5.08. The predicted octanol–water partition coefficient (Wildman–Crippen LogP) is 4.17. The van der Waals surface area contributed by atoms with E-state index in [2.05, 4.69) is 64.5 Å². The molecule has 92 valence electrons. The lowest BCUT2D eigenvalue weighted by Gasteiger charge is -2.15. The van der Waals surface area contributed by atoms with Gasteiger partial charge in [0, 0.05) is 20.7 Å². The third-order valence-electron chi connectivity index (χ3n) is 3.34. The van der Waals surface area contributed by atoms with Crippen molar-refractivity contribution < 1.29 is 0 Å². The van der Waals surface area contributed by atoms with E-state index in [1.54, 1.807) is 0 Å². The van der Waals surface area contributed by atoms with Crippen LogP contribution in [0.1, 0.15) is 17.2 Å². The summed E-state index contributed by atoms with van der Waals surface area (Å²) in [6.07, 6.45) is 1.07. The Kier molecular flexibility index (Phi) is 3.46. The molecular weight excluding hydrogens is 306 g/mol. The molecule has 2 N–H and O–H groups in total. The van der Waals surface area contributed by atoms with E-state index in [9.17, 15) is 0 Å². The quantitative estimate of drug-likeness (QED) is 0.899. The van der Waals surface area contributed by atoms with Crippen molar-refractivity contribution in [2.45, 2.75) is 22.6 Å². The van der Waals surface area contributed by atoms with Gasteiger partial charge in [0.25, 0.3) is 0 Å². The van der Waals surface area contributed by atoms with Crippen LogP contribution in [0.15, 0.2) is 57.9 Å². The van der Waals surface area contributed by atoms with Crippen molar-refractivity contribution >= 4 is 27.7 Å². The smallest absolute Gasteiger partial charge is 0.0425 e. The third kappa shape index (κ3) is 2.35. The van der Waals surface area contributed by atoms with Crippen molar-refractivity contribution in [2.24, 2.45) is 5.73 Å². The van der Waals surface area contributed by atoms with Gasteiger partial charge >= 0.3 is 0 Å². The highest BCUT2D eigenvalue weighted by Gasteiger charge is 2.29. The first kappa shape index (κ1) is 12.3. The first-order valence-corrected chi connectivity index (χ1v) is 7.67. The van der Waals surface area contributed by atoms with Gasteiger partial charge in [-0.05, 0) is 41.8 Å². The zero-order chi connectivity index (χ0) is 12.5.